The molecule has 0 fully saturated rings. The van der Waals surface area contributed by atoms with Crippen molar-refractivity contribution < 1.29 is 4.79 Å². The number of hydrogen-bond acceptors (Lipinski definition) is 4. The highest BCUT2D eigenvalue weighted by molar-refractivity contribution is 7.18. The van der Waals surface area contributed by atoms with Crippen LogP contribution in [0.25, 0.3) is 10.2 Å². The first-order chi connectivity index (χ1) is 11.3. The maximum absolute atomic E-state index is 12.3. The van der Waals surface area contributed by atoms with Crippen molar-refractivity contribution in [1.29, 1.82) is 0 Å². The van der Waals surface area contributed by atoms with E-state index in [0.717, 1.165) is 10.5 Å². The van der Waals surface area contributed by atoms with E-state index in [9.17, 15) is 4.79 Å². The van der Waals surface area contributed by atoms with Crippen LogP contribution in [0, 0.1) is 0 Å². The number of para-hydroxylation sites is 1. The van der Waals surface area contributed by atoms with Gasteiger partial charge in [0.25, 0.3) is 5.91 Å². The molecule has 24 heavy (non-hydrogen) atoms. The highest BCUT2D eigenvalue weighted by atomic mass is 32.1. The SMILES string of the molecule is CC(CNC(=O)c1cnn(C(C)(C)C)c1)c1nc2ccccc2s1. The molecular weight excluding hydrogens is 320 g/mol. The summed E-state index contributed by atoms with van der Waals surface area (Å²) in [5.41, 5.74) is 1.47. The molecule has 2 aromatic heterocycles. The van der Waals surface area contributed by atoms with Gasteiger partial charge in [0.15, 0.2) is 0 Å². The zero-order valence-corrected chi connectivity index (χ0v) is 15.2. The molecule has 1 N–H and O–H groups in total. The quantitative estimate of drug-likeness (QED) is 0.785. The Bertz CT molecular complexity index is 826. The fourth-order valence-corrected chi connectivity index (χ4v) is 3.36. The molecule has 1 atom stereocenters. The lowest BCUT2D eigenvalue weighted by Gasteiger charge is -2.18. The van der Waals surface area contributed by atoms with Gasteiger partial charge in [0.2, 0.25) is 0 Å². The molecule has 1 aromatic carbocycles. The predicted octanol–water partition coefficient (Wildman–Crippen LogP) is 3.78. The summed E-state index contributed by atoms with van der Waals surface area (Å²) in [6, 6.07) is 8.10. The Morgan fingerprint density at radius 2 is 2.08 bits per heavy atom. The lowest BCUT2D eigenvalue weighted by molar-refractivity contribution is 0.0951. The van der Waals surface area contributed by atoms with Gasteiger partial charge in [-0.1, -0.05) is 19.1 Å². The van der Waals surface area contributed by atoms with Crippen LogP contribution in [0.15, 0.2) is 36.7 Å². The number of thiazole rings is 1. The third kappa shape index (κ3) is 3.48. The highest BCUT2D eigenvalue weighted by Crippen LogP contribution is 2.26. The van der Waals surface area contributed by atoms with Crippen molar-refractivity contribution in [2.75, 3.05) is 6.54 Å². The summed E-state index contributed by atoms with van der Waals surface area (Å²) >= 11 is 1.68. The van der Waals surface area contributed by atoms with Crippen LogP contribution in [-0.2, 0) is 5.54 Å². The zero-order valence-electron chi connectivity index (χ0n) is 14.4. The van der Waals surface area contributed by atoms with Crippen LogP contribution >= 0.6 is 11.3 Å². The number of nitrogens with zero attached hydrogens (tertiary/aromatic N) is 3. The van der Waals surface area contributed by atoms with Crippen LogP contribution in [0.3, 0.4) is 0 Å². The standard InChI is InChI=1S/C18H22N4OS/c1-12(17-21-14-7-5-6-8-15(14)24-17)9-19-16(23)13-10-20-22(11-13)18(2,3)4/h5-8,10-12H,9H2,1-4H3,(H,19,23). The number of carbonyl (C=O) groups is 1. The van der Waals surface area contributed by atoms with E-state index in [1.807, 2.05) is 18.2 Å². The molecule has 0 bridgehead atoms. The zero-order chi connectivity index (χ0) is 17.3. The Balaban J connectivity index is 1.64. The molecule has 0 aliphatic carbocycles. The molecule has 0 radical (unpaired) electrons. The van der Waals surface area contributed by atoms with Crippen LogP contribution in [0.5, 0.6) is 0 Å². The molecule has 1 unspecified atom stereocenters. The van der Waals surface area contributed by atoms with Crippen molar-refractivity contribution in [2.24, 2.45) is 0 Å². The smallest absolute Gasteiger partial charge is 0.254 e. The second-order valence-corrected chi connectivity index (χ2v) is 8.04. The molecule has 0 saturated heterocycles. The molecule has 0 aliphatic heterocycles. The van der Waals surface area contributed by atoms with E-state index in [4.69, 9.17) is 0 Å². The van der Waals surface area contributed by atoms with Crippen molar-refractivity contribution in [2.45, 2.75) is 39.2 Å². The van der Waals surface area contributed by atoms with Crippen molar-refractivity contribution in [3.05, 3.63) is 47.2 Å². The Labute approximate surface area is 145 Å². The van der Waals surface area contributed by atoms with E-state index in [0.29, 0.717) is 12.1 Å². The van der Waals surface area contributed by atoms with E-state index in [-0.39, 0.29) is 17.4 Å². The maximum Gasteiger partial charge on any atom is 0.254 e. The molecule has 1 amide bonds. The first kappa shape index (κ1) is 16.6. The van der Waals surface area contributed by atoms with E-state index >= 15 is 0 Å². The number of benzene rings is 1. The number of hydrogen-bond donors (Lipinski definition) is 1. The summed E-state index contributed by atoms with van der Waals surface area (Å²) in [4.78, 5) is 17.0. The Morgan fingerprint density at radius 1 is 1.33 bits per heavy atom. The van der Waals surface area contributed by atoms with Gasteiger partial charge in [-0.05, 0) is 32.9 Å². The average molecular weight is 342 g/mol. The molecule has 3 aromatic rings. The number of amides is 1. The Hall–Kier alpha value is -2.21. The molecular formula is C18H22N4OS. The first-order valence-corrected chi connectivity index (χ1v) is 8.85. The lowest BCUT2D eigenvalue weighted by Crippen LogP contribution is -2.27. The summed E-state index contributed by atoms with van der Waals surface area (Å²) < 4.78 is 2.98. The van der Waals surface area contributed by atoms with E-state index < -0.39 is 0 Å². The van der Waals surface area contributed by atoms with E-state index in [1.54, 1.807) is 28.4 Å². The van der Waals surface area contributed by atoms with Gasteiger partial charge in [-0.25, -0.2) is 4.98 Å². The van der Waals surface area contributed by atoms with Gasteiger partial charge in [0.1, 0.15) is 0 Å². The van der Waals surface area contributed by atoms with Crippen LogP contribution < -0.4 is 5.32 Å². The Kier molecular flexibility index (Phi) is 4.41. The van der Waals surface area contributed by atoms with Crippen LogP contribution in [0.1, 0.15) is 49.0 Å². The summed E-state index contributed by atoms with van der Waals surface area (Å²) in [5, 5.41) is 8.29. The topological polar surface area (TPSA) is 59.8 Å². The fourth-order valence-electron chi connectivity index (χ4n) is 2.34. The van der Waals surface area contributed by atoms with E-state index in [1.165, 1.54) is 4.70 Å². The van der Waals surface area contributed by atoms with Crippen LogP contribution in [0.4, 0.5) is 0 Å². The molecule has 0 spiro atoms. The van der Waals surface area contributed by atoms with Crippen molar-refractivity contribution in [3.8, 4) is 0 Å². The number of fused-ring (bicyclic) bond motifs is 1. The third-order valence-electron chi connectivity index (χ3n) is 3.83. The largest absolute Gasteiger partial charge is 0.351 e. The molecule has 6 heteroatoms. The molecule has 126 valence electrons. The molecule has 3 rings (SSSR count). The van der Waals surface area contributed by atoms with Gasteiger partial charge >= 0.3 is 0 Å². The van der Waals surface area contributed by atoms with Crippen LogP contribution in [-0.4, -0.2) is 27.2 Å². The normalized spacial score (nSPS) is 13.2. The summed E-state index contributed by atoms with van der Waals surface area (Å²) in [6.07, 6.45) is 3.40. The minimum atomic E-state index is -0.132. The van der Waals surface area contributed by atoms with E-state index in [2.05, 4.69) is 49.2 Å². The van der Waals surface area contributed by atoms with Gasteiger partial charge in [-0.2, -0.15) is 5.10 Å². The summed E-state index contributed by atoms with van der Waals surface area (Å²) in [5.74, 6) is 0.0717. The van der Waals surface area contributed by atoms with Crippen molar-refractivity contribution in [3.63, 3.8) is 0 Å². The van der Waals surface area contributed by atoms with Gasteiger partial charge < -0.3 is 5.32 Å². The molecule has 0 saturated carbocycles. The number of nitrogens with one attached hydrogen (secondary N) is 1. The van der Waals surface area contributed by atoms with Crippen molar-refractivity contribution >= 4 is 27.5 Å². The summed E-state index contributed by atoms with van der Waals surface area (Å²) in [6.45, 7) is 8.79. The maximum atomic E-state index is 12.3. The monoisotopic (exact) mass is 342 g/mol. The highest BCUT2D eigenvalue weighted by Gasteiger charge is 2.18. The van der Waals surface area contributed by atoms with Gasteiger partial charge in [-0.3, -0.25) is 9.48 Å². The molecule has 0 aliphatic rings. The second-order valence-electron chi connectivity index (χ2n) is 6.98. The number of rotatable bonds is 4. The van der Waals surface area contributed by atoms with Gasteiger partial charge in [-0.15, -0.1) is 11.3 Å². The van der Waals surface area contributed by atoms with Gasteiger partial charge in [0, 0.05) is 18.7 Å². The lowest BCUT2D eigenvalue weighted by atomic mass is 10.1. The van der Waals surface area contributed by atoms with Gasteiger partial charge in [0.05, 0.1) is 32.5 Å². The number of carbonyl (C=O) groups excluding carboxylic acids is 1. The minimum absolute atomic E-state index is 0.0986. The minimum Gasteiger partial charge on any atom is -0.351 e. The third-order valence-corrected chi connectivity index (χ3v) is 5.10. The molecule has 5 nitrogen and oxygen atoms in total. The van der Waals surface area contributed by atoms with Crippen LogP contribution in [0.2, 0.25) is 0 Å². The van der Waals surface area contributed by atoms with Crippen molar-refractivity contribution in [1.82, 2.24) is 20.1 Å². The number of aromatic nitrogens is 3. The second kappa shape index (κ2) is 6.36. The first-order valence-electron chi connectivity index (χ1n) is 8.03. The average Bonchev–Trinajstić information content (AvgIpc) is 3.18. The molecule has 2 heterocycles. The predicted molar refractivity (Wildman–Crippen MR) is 97.6 cm³/mol. The summed E-state index contributed by atoms with van der Waals surface area (Å²) in [7, 11) is 0. The fraction of sp³-hybridized carbons (Fsp3) is 0.389. The Morgan fingerprint density at radius 3 is 2.75 bits per heavy atom.